The smallest absolute Gasteiger partial charge is 0.329 e. The van der Waals surface area contributed by atoms with Crippen LogP contribution in [0.15, 0.2) is 16.9 Å². The standard InChI is InChI=1S/C22H31FN4O4Si/c1-22(2,3)32(5,6)31-13-11-26(12-13)18-14(23)7-8-15-19(18)25(4)21(30)27(15)16-9-10-17(28)24-20(16)29/h7-8,13,16H,9-12H2,1-6H3,(H,24,28,29). The number of carbonyl (C=O) groups is 2. The van der Waals surface area contributed by atoms with Crippen LogP contribution >= 0.6 is 0 Å². The first-order valence-corrected chi connectivity index (χ1v) is 13.9. The van der Waals surface area contributed by atoms with Gasteiger partial charge in [-0.2, -0.15) is 0 Å². The highest BCUT2D eigenvalue weighted by atomic mass is 28.4. The van der Waals surface area contributed by atoms with Gasteiger partial charge in [-0.15, -0.1) is 0 Å². The number of aromatic nitrogens is 2. The molecule has 10 heteroatoms. The third-order valence-electron chi connectivity index (χ3n) is 7.12. The van der Waals surface area contributed by atoms with Gasteiger partial charge in [0.2, 0.25) is 11.8 Å². The molecule has 0 aliphatic carbocycles. The number of halogens is 1. The van der Waals surface area contributed by atoms with Crippen LogP contribution in [-0.4, -0.2) is 48.5 Å². The second kappa shape index (κ2) is 7.55. The Morgan fingerprint density at radius 3 is 2.41 bits per heavy atom. The van der Waals surface area contributed by atoms with Gasteiger partial charge in [-0.25, -0.2) is 9.18 Å². The summed E-state index contributed by atoms with van der Waals surface area (Å²) in [7, 11) is -0.356. The third kappa shape index (κ3) is 3.59. The highest BCUT2D eigenvalue weighted by Gasteiger charge is 2.43. The molecule has 1 unspecified atom stereocenters. The van der Waals surface area contributed by atoms with Gasteiger partial charge in [0, 0.05) is 26.6 Å². The number of imidazole rings is 1. The number of carbonyl (C=O) groups excluding carboxylic acids is 2. The van der Waals surface area contributed by atoms with E-state index in [1.165, 1.54) is 21.3 Å². The van der Waals surface area contributed by atoms with Gasteiger partial charge in [-0.1, -0.05) is 20.8 Å². The first-order valence-electron chi connectivity index (χ1n) is 11.0. The Kier molecular flexibility index (Phi) is 5.36. The van der Waals surface area contributed by atoms with Crippen LogP contribution in [0, 0.1) is 5.82 Å². The van der Waals surface area contributed by atoms with Crippen molar-refractivity contribution in [2.45, 2.75) is 63.9 Å². The second-order valence-corrected chi connectivity index (χ2v) is 15.1. The van der Waals surface area contributed by atoms with Crippen LogP contribution in [0.1, 0.15) is 39.7 Å². The quantitative estimate of drug-likeness (QED) is 0.558. The predicted molar refractivity (Wildman–Crippen MR) is 123 cm³/mol. The topological polar surface area (TPSA) is 85.6 Å². The Morgan fingerprint density at radius 1 is 1.16 bits per heavy atom. The molecule has 0 spiro atoms. The lowest BCUT2D eigenvalue weighted by atomic mass is 10.1. The van der Waals surface area contributed by atoms with E-state index in [1.54, 1.807) is 7.05 Å². The molecule has 1 aromatic carbocycles. The van der Waals surface area contributed by atoms with Crippen LogP contribution in [0.2, 0.25) is 18.1 Å². The van der Waals surface area contributed by atoms with Crippen molar-refractivity contribution in [2.75, 3.05) is 18.0 Å². The number of rotatable bonds is 4. The van der Waals surface area contributed by atoms with E-state index in [4.69, 9.17) is 4.43 Å². The maximum atomic E-state index is 15.0. The largest absolute Gasteiger partial charge is 0.410 e. The molecule has 0 saturated carbocycles. The molecule has 8 nitrogen and oxygen atoms in total. The maximum Gasteiger partial charge on any atom is 0.329 e. The summed E-state index contributed by atoms with van der Waals surface area (Å²) in [6.07, 6.45) is 0.411. The van der Waals surface area contributed by atoms with Crippen LogP contribution in [0.25, 0.3) is 11.0 Å². The molecule has 32 heavy (non-hydrogen) atoms. The molecule has 2 fully saturated rings. The number of nitrogens with zero attached hydrogens (tertiary/aromatic N) is 3. The number of hydrogen-bond acceptors (Lipinski definition) is 5. The van der Waals surface area contributed by atoms with E-state index < -0.39 is 31.8 Å². The van der Waals surface area contributed by atoms with E-state index >= 15 is 4.39 Å². The van der Waals surface area contributed by atoms with Crippen LogP contribution in [0.3, 0.4) is 0 Å². The molecule has 1 aromatic heterocycles. The van der Waals surface area contributed by atoms with Crippen molar-refractivity contribution in [3.05, 3.63) is 28.4 Å². The van der Waals surface area contributed by atoms with Crippen LogP contribution in [0.4, 0.5) is 10.1 Å². The molecule has 1 atom stereocenters. The molecule has 2 aliphatic rings. The van der Waals surface area contributed by atoms with E-state index in [9.17, 15) is 14.4 Å². The number of imide groups is 1. The minimum absolute atomic E-state index is 0.0137. The summed E-state index contributed by atoms with van der Waals surface area (Å²) >= 11 is 0. The Bertz CT molecular complexity index is 1160. The molecule has 0 bridgehead atoms. The van der Waals surface area contributed by atoms with Gasteiger partial charge in [-0.05, 0) is 36.7 Å². The van der Waals surface area contributed by atoms with E-state index in [1.807, 2.05) is 4.90 Å². The maximum absolute atomic E-state index is 15.0. The SMILES string of the molecule is Cn1c(=O)n(C2CCC(=O)NC2=O)c2ccc(F)c(N3CC(O[Si](C)(C)C(C)(C)C)C3)c21. The van der Waals surface area contributed by atoms with Crippen LogP contribution in [0.5, 0.6) is 0 Å². The van der Waals surface area contributed by atoms with Crippen molar-refractivity contribution in [1.29, 1.82) is 0 Å². The Balaban J connectivity index is 1.68. The fraction of sp³-hybridized carbons (Fsp3) is 0.591. The number of fused-ring (bicyclic) bond motifs is 1. The predicted octanol–water partition coefficient (Wildman–Crippen LogP) is 2.67. The summed E-state index contributed by atoms with van der Waals surface area (Å²) in [5, 5.41) is 2.38. The number of piperidine rings is 1. The van der Waals surface area contributed by atoms with Gasteiger partial charge >= 0.3 is 5.69 Å². The summed E-state index contributed by atoms with van der Waals surface area (Å²) < 4.78 is 24.2. The third-order valence-corrected chi connectivity index (χ3v) is 11.7. The minimum atomic E-state index is -1.94. The lowest BCUT2D eigenvalue weighted by Crippen LogP contribution is -2.58. The van der Waals surface area contributed by atoms with Gasteiger partial charge in [0.15, 0.2) is 8.32 Å². The van der Waals surface area contributed by atoms with Crippen molar-refractivity contribution in [2.24, 2.45) is 7.05 Å². The first kappa shape index (κ1) is 22.7. The normalized spacial score (nSPS) is 20.6. The van der Waals surface area contributed by atoms with Crippen molar-refractivity contribution in [3.8, 4) is 0 Å². The number of aryl methyl sites for hydroxylation is 1. The van der Waals surface area contributed by atoms with E-state index in [0.717, 1.165) is 0 Å². The summed E-state index contributed by atoms with van der Waals surface area (Å²) in [6, 6.07) is 2.07. The van der Waals surface area contributed by atoms with Gasteiger partial charge in [0.25, 0.3) is 0 Å². The summed E-state index contributed by atoms with van der Waals surface area (Å²) in [5.74, 6) is -1.27. The number of benzene rings is 1. The molecule has 2 aliphatic heterocycles. The average molecular weight is 463 g/mol. The molecule has 174 valence electrons. The molecule has 2 amide bonds. The lowest BCUT2D eigenvalue weighted by Gasteiger charge is -2.47. The molecule has 3 heterocycles. The van der Waals surface area contributed by atoms with Crippen molar-refractivity contribution < 1.29 is 18.4 Å². The molecule has 2 aromatic rings. The van der Waals surface area contributed by atoms with Crippen molar-refractivity contribution in [1.82, 2.24) is 14.5 Å². The van der Waals surface area contributed by atoms with Crippen LogP contribution < -0.4 is 15.9 Å². The van der Waals surface area contributed by atoms with E-state index in [-0.39, 0.29) is 29.9 Å². The Morgan fingerprint density at radius 2 is 1.81 bits per heavy atom. The molecule has 0 radical (unpaired) electrons. The first-order chi connectivity index (χ1) is 14.8. The van der Waals surface area contributed by atoms with Gasteiger partial charge < -0.3 is 9.33 Å². The number of anilines is 1. The zero-order chi connectivity index (χ0) is 23.6. The molecule has 2 saturated heterocycles. The van der Waals surface area contributed by atoms with Gasteiger partial charge in [0.1, 0.15) is 11.9 Å². The molecule has 1 N–H and O–H groups in total. The summed E-state index contributed by atoms with van der Waals surface area (Å²) in [5.41, 5.74) is 0.877. The number of amides is 2. The summed E-state index contributed by atoms with van der Waals surface area (Å²) in [4.78, 5) is 38.9. The minimum Gasteiger partial charge on any atom is -0.410 e. The zero-order valence-corrected chi connectivity index (χ0v) is 20.5. The van der Waals surface area contributed by atoms with Crippen LogP contribution in [-0.2, 0) is 21.1 Å². The molecular weight excluding hydrogens is 431 g/mol. The Hall–Kier alpha value is -2.46. The Labute approximate surface area is 187 Å². The fourth-order valence-electron chi connectivity index (χ4n) is 4.25. The molecule has 4 rings (SSSR count). The number of nitrogens with one attached hydrogen (secondary N) is 1. The van der Waals surface area contributed by atoms with Gasteiger partial charge in [0.05, 0.1) is 22.8 Å². The highest BCUT2D eigenvalue weighted by Crippen LogP contribution is 2.40. The van der Waals surface area contributed by atoms with E-state index in [0.29, 0.717) is 29.8 Å². The van der Waals surface area contributed by atoms with Crippen molar-refractivity contribution in [3.63, 3.8) is 0 Å². The van der Waals surface area contributed by atoms with E-state index in [2.05, 4.69) is 39.2 Å². The highest BCUT2D eigenvalue weighted by molar-refractivity contribution is 6.74. The average Bonchev–Trinajstić information content (AvgIpc) is 2.89. The second-order valence-electron chi connectivity index (χ2n) is 10.3. The van der Waals surface area contributed by atoms with Gasteiger partial charge in [-0.3, -0.25) is 24.0 Å². The number of hydrogen-bond donors (Lipinski definition) is 1. The lowest BCUT2D eigenvalue weighted by molar-refractivity contribution is -0.135. The van der Waals surface area contributed by atoms with Crippen molar-refractivity contribution >= 4 is 36.9 Å². The zero-order valence-electron chi connectivity index (χ0n) is 19.5. The summed E-state index contributed by atoms with van der Waals surface area (Å²) in [6.45, 7) is 12.0. The molecular formula is C22H31FN4O4Si. The monoisotopic (exact) mass is 462 g/mol. The fourth-order valence-corrected chi connectivity index (χ4v) is 5.58.